The maximum absolute atomic E-state index is 6.02. The van der Waals surface area contributed by atoms with Crippen molar-refractivity contribution >= 4 is 17.3 Å². The summed E-state index contributed by atoms with van der Waals surface area (Å²) >= 11 is 6.02. The number of halogens is 1. The Morgan fingerprint density at radius 2 is 2.00 bits per heavy atom. The van der Waals surface area contributed by atoms with Crippen molar-refractivity contribution in [3.05, 3.63) is 29.0 Å². The predicted molar refractivity (Wildman–Crippen MR) is 79.9 cm³/mol. The Hall–Kier alpha value is -1.63. The summed E-state index contributed by atoms with van der Waals surface area (Å²) in [6.07, 6.45) is 0. The second-order valence-corrected chi connectivity index (χ2v) is 6.02. The van der Waals surface area contributed by atoms with Gasteiger partial charge < -0.3 is 10.3 Å². The van der Waals surface area contributed by atoms with Crippen LogP contribution in [0.25, 0.3) is 11.5 Å². The van der Waals surface area contributed by atoms with E-state index in [1.165, 1.54) is 0 Å². The summed E-state index contributed by atoms with van der Waals surface area (Å²) in [7, 11) is 0. The van der Waals surface area contributed by atoms with Gasteiger partial charge in [-0.3, -0.25) is 9.80 Å². The Labute approximate surface area is 127 Å². The van der Waals surface area contributed by atoms with Gasteiger partial charge in [0.2, 0.25) is 0 Å². The third-order valence-electron chi connectivity index (χ3n) is 4.19. The molecule has 7 heteroatoms. The zero-order chi connectivity index (χ0) is 14.4. The van der Waals surface area contributed by atoms with Crippen LogP contribution in [0.1, 0.15) is 11.9 Å². The lowest BCUT2D eigenvalue weighted by Crippen LogP contribution is -2.57. The fourth-order valence-electron chi connectivity index (χ4n) is 3.09. The summed E-state index contributed by atoms with van der Waals surface area (Å²) in [5.74, 6) is 1.21. The molecule has 5 rings (SSSR count). The number of piperazine rings is 3. The molecular weight excluding hydrogens is 290 g/mol. The molecule has 1 aromatic carbocycles. The Morgan fingerprint density at radius 1 is 1.19 bits per heavy atom. The van der Waals surface area contributed by atoms with Gasteiger partial charge in [-0.25, -0.2) is 0 Å². The maximum Gasteiger partial charge on any atom is 0.258 e. The van der Waals surface area contributed by atoms with Crippen LogP contribution in [0.4, 0.5) is 5.69 Å². The van der Waals surface area contributed by atoms with Gasteiger partial charge in [-0.15, -0.1) is 0 Å². The van der Waals surface area contributed by atoms with Gasteiger partial charge in [0, 0.05) is 49.0 Å². The van der Waals surface area contributed by atoms with Crippen molar-refractivity contribution in [3.63, 3.8) is 0 Å². The number of fused-ring (bicyclic) bond motifs is 3. The topological polar surface area (TPSA) is 71.4 Å². The molecule has 3 aliphatic heterocycles. The number of hydrogen-bond acceptors (Lipinski definition) is 6. The van der Waals surface area contributed by atoms with E-state index in [4.69, 9.17) is 21.9 Å². The highest BCUT2D eigenvalue weighted by molar-refractivity contribution is 6.31. The highest BCUT2D eigenvalue weighted by atomic mass is 35.5. The fraction of sp³-hybridized carbons (Fsp3) is 0.429. The molecule has 2 aromatic rings. The zero-order valence-electron chi connectivity index (χ0n) is 11.5. The summed E-state index contributed by atoms with van der Waals surface area (Å²) in [5, 5.41) is 4.72. The molecule has 1 aromatic heterocycles. The van der Waals surface area contributed by atoms with Crippen LogP contribution in [0, 0.1) is 0 Å². The minimum atomic E-state index is 0.224. The summed E-state index contributed by atoms with van der Waals surface area (Å²) in [5.41, 5.74) is 7.15. The molecule has 0 radical (unpaired) electrons. The molecule has 0 aliphatic carbocycles. The van der Waals surface area contributed by atoms with E-state index in [1.807, 2.05) is 0 Å². The lowest BCUT2D eigenvalue weighted by molar-refractivity contribution is 0.00781. The number of nitrogen functional groups attached to an aromatic ring is 1. The average molecular weight is 306 g/mol. The average Bonchev–Trinajstić information content (AvgIpc) is 2.97. The number of rotatable bonds is 2. The first-order valence-corrected chi connectivity index (χ1v) is 7.43. The molecule has 3 saturated heterocycles. The molecule has 1 atom stereocenters. The third kappa shape index (κ3) is 2.39. The minimum Gasteiger partial charge on any atom is -0.399 e. The van der Waals surface area contributed by atoms with Crippen molar-refractivity contribution in [2.24, 2.45) is 0 Å². The van der Waals surface area contributed by atoms with E-state index >= 15 is 0 Å². The normalized spacial score (nSPS) is 28.0. The van der Waals surface area contributed by atoms with E-state index in [1.54, 1.807) is 18.2 Å². The predicted octanol–water partition coefficient (Wildman–Crippen LogP) is 1.64. The largest absolute Gasteiger partial charge is 0.399 e. The van der Waals surface area contributed by atoms with Crippen LogP contribution in [0.15, 0.2) is 22.7 Å². The Kier molecular flexibility index (Phi) is 3.10. The van der Waals surface area contributed by atoms with Crippen LogP contribution >= 0.6 is 11.6 Å². The summed E-state index contributed by atoms with van der Waals surface area (Å²) in [6, 6.07) is 5.49. The molecule has 6 nitrogen and oxygen atoms in total. The fourth-order valence-corrected chi connectivity index (χ4v) is 3.33. The van der Waals surface area contributed by atoms with Crippen LogP contribution in [0.2, 0.25) is 5.02 Å². The van der Waals surface area contributed by atoms with Crippen molar-refractivity contribution in [3.8, 4) is 11.5 Å². The lowest BCUT2D eigenvalue weighted by Gasteiger charge is -2.46. The van der Waals surface area contributed by atoms with E-state index in [0.717, 1.165) is 44.1 Å². The van der Waals surface area contributed by atoms with E-state index in [9.17, 15) is 0 Å². The molecule has 3 fully saturated rings. The molecule has 0 amide bonds. The van der Waals surface area contributed by atoms with Gasteiger partial charge >= 0.3 is 0 Å². The smallest absolute Gasteiger partial charge is 0.258 e. The van der Waals surface area contributed by atoms with Gasteiger partial charge in [-0.05, 0) is 18.2 Å². The molecule has 3 aliphatic rings. The first-order valence-electron chi connectivity index (χ1n) is 7.05. The van der Waals surface area contributed by atoms with Crippen molar-refractivity contribution in [1.29, 1.82) is 0 Å². The summed E-state index contributed by atoms with van der Waals surface area (Å²) in [6.45, 7) is 5.37. The quantitative estimate of drug-likeness (QED) is 0.851. The Bertz CT molecular complexity index is 645. The number of nitrogens with two attached hydrogens (primary N) is 1. The molecule has 2 bridgehead atoms. The lowest BCUT2D eigenvalue weighted by atomic mass is 10.1. The van der Waals surface area contributed by atoms with E-state index in [-0.39, 0.29) is 6.04 Å². The van der Waals surface area contributed by atoms with Crippen molar-refractivity contribution < 1.29 is 4.52 Å². The molecule has 0 saturated carbocycles. The highest BCUT2D eigenvalue weighted by Crippen LogP contribution is 2.30. The van der Waals surface area contributed by atoms with Crippen molar-refractivity contribution in [1.82, 2.24) is 19.9 Å². The highest BCUT2D eigenvalue weighted by Gasteiger charge is 2.35. The maximum atomic E-state index is 6.02. The van der Waals surface area contributed by atoms with Gasteiger partial charge in [0.05, 0.1) is 6.04 Å². The standard InChI is InChI=1S/C14H16ClN5O/c15-10-5-9(6-11(16)7-10)14-17-13(18-21-14)12-8-19-1-3-20(12)4-2-19/h5-7,12H,1-4,8,16H2. The van der Waals surface area contributed by atoms with E-state index in [0.29, 0.717) is 16.6 Å². The van der Waals surface area contributed by atoms with E-state index in [2.05, 4.69) is 19.9 Å². The Balaban J connectivity index is 1.63. The van der Waals surface area contributed by atoms with Gasteiger partial charge in [0.15, 0.2) is 5.82 Å². The first-order chi connectivity index (χ1) is 10.2. The molecule has 110 valence electrons. The van der Waals surface area contributed by atoms with Crippen LogP contribution in [-0.2, 0) is 0 Å². The number of benzene rings is 1. The van der Waals surface area contributed by atoms with Gasteiger partial charge in [0.1, 0.15) is 0 Å². The third-order valence-corrected chi connectivity index (χ3v) is 4.40. The van der Waals surface area contributed by atoms with Crippen LogP contribution in [0.3, 0.4) is 0 Å². The summed E-state index contributed by atoms with van der Waals surface area (Å²) in [4.78, 5) is 9.40. The van der Waals surface area contributed by atoms with Crippen molar-refractivity contribution in [2.75, 3.05) is 38.5 Å². The molecular formula is C14H16ClN5O. The molecule has 4 heterocycles. The number of hydrogen-bond donors (Lipinski definition) is 1. The molecule has 21 heavy (non-hydrogen) atoms. The van der Waals surface area contributed by atoms with Crippen LogP contribution < -0.4 is 5.73 Å². The van der Waals surface area contributed by atoms with Crippen LogP contribution in [0.5, 0.6) is 0 Å². The van der Waals surface area contributed by atoms with Crippen molar-refractivity contribution in [2.45, 2.75) is 6.04 Å². The Morgan fingerprint density at radius 3 is 2.67 bits per heavy atom. The minimum absolute atomic E-state index is 0.224. The van der Waals surface area contributed by atoms with Gasteiger partial charge in [-0.1, -0.05) is 16.8 Å². The number of nitrogens with zero attached hydrogens (tertiary/aromatic N) is 4. The molecule has 2 N–H and O–H groups in total. The second kappa shape index (κ2) is 4.98. The van der Waals surface area contributed by atoms with Gasteiger partial charge in [0.25, 0.3) is 5.89 Å². The molecule has 0 spiro atoms. The van der Waals surface area contributed by atoms with Crippen LogP contribution in [-0.4, -0.2) is 52.7 Å². The molecule has 1 unspecified atom stereocenters. The van der Waals surface area contributed by atoms with E-state index < -0.39 is 0 Å². The number of aromatic nitrogens is 2. The number of anilines is 1. The SMILES string of the molecule is Nc1cc(Cl)cc(-c2nc(C3CN4CCN3CC4)no2)c1. The zero-order valence-corrected chi connectivity index (χ0v) is 12.3. The summed E-state index contributed by atoms with van der Waals surface area (Å²) < 4.78 is 5.40. The monoisotopic (exact) mass is 305 g/mol. The second-order valence-electron chi connectivity index (χ2n) is 5.58. The first kappa shape index (κ1) is 13.1. The van der Waals surface area contributed by atoms with Gasteiger partial charge in [-0.2, -0.15) is 4.98 Å².